The monoisotopic (exact) mass is 263 g/mol. The number of carbonyl (C=O) groups is 1. The third kappa shape index (κ3) is 5.96. The summed E-state index contributed by atoms with van der Waals surface area (Å²) in [5.41, 5.74) is -0.904. The fraction of sp³-hybridized carbons (Fsp3) is 0.875. The first-order chi connectivity index (χ1) is 5.46. The average Bonchev–Trinajstić information content (AvgIpc) is 2.03. The van der Waals surface area contributed by atoms with Crippen LogP contribution in [0, 0.1) is 0 Å². The predicted molar refractivity (Wildman–Crippen MR) is 67.3 cm³/mol. The quantitative estimate of drug-likeness (QED) is 0.666. The predicted octanol–water partition coefficient (Wildman–Crippen LogP) is 1.99. The van der Waals surface area contributed by atoms with E-state index < -0.39 is 11.5 Å². The van der Waals surface area contributed by atoms with E-state index in [2.05, 4.69) is 17.9 Å². The molecule has 0 aliphatic carbocycles. The maximum Gasteiger partial charge on any atom is 0.324 e. The first kappa shape index (κ1) is 19.9. The van der Waals surface area contributed by atoms with E-state index >= 15 is 0 Å². The van der Waals surface area contributed by atoms with Crippen LogP contribution >= 0.6 is 37.4 Å². The molecule has 0 aromatic carbocycles. The molecule has 0 fully saturated rings. The number of aliphatic carboxylic acids is 1. The van der Waals surface area contributed by atoms with E-state index in [1.807, 2.05) is 13.8 Å². The first-order valence-electron chi connectivity index (χ1n) is 4.08. The smallest absolute Gasteiger partial charge is 0.324 e. The molecule has 3 nitrogen and oxygen atoms in total. The van der Waals surface area contributed by atoms with Gasteiger partial charge in [-0.2, -0.15) is 12.6 Å². The van der Waals surface area contributed by atoms with Crippen LogP contribution in [0.15, 0.2) is 0 Å². The summed E-state index contributed by atoms with van der Waals surface area (Å²) in [5, 5.41) is 11.9. The standard InChI is InChI=1S/C8H17NO2S.2ClH/c1-4-6(2)9-8(3,5-12)7(10)11;;/h6,9,12H,4-5H2,1-3H3,(H,10,11);2*1H. The molecule has 0 aromatic heterocycles. The third-order valence-electron chi connectivity index (χ3n) is 1.97. The Kier molecular flexibility index (Phi) is 12.3. The molecular weight excluding hydrogens is 245 g/mol. The summed E-state index contributed by atoms with van der Waals surface area (Å²) in [6, 6.07) is 0.207. The van der Waals surface area contributed by atoms with E-state index in [9.17, 15) is 4.79 Å². The second-order valence-corrected chi connectivity index (χ2v) is 3.57. The maximum absolute atomic E-state index is 10.8. The lowest BCUT2D eigenvalue weighted by Crippen LogP contribution is -2.54. The van der Waals surface area contributed by atoms with Crippen molar-refractivity contribution >= 4 is 43.4 Å². The molecule has 6 heteroatoms. The summed E-state index contributed by atoms with van der Waals surface area (Å²) < 4.78 is 0. The minimum Gasteiger partial charge on any atom is -0.480 e. The first-order valence-corrected chi connectivity index (χ1v) is 4.71. The number of halogens is 2. The van der Waals surface area contributed by atoms with Gasteiger partial charge in [-0.25, -0.2) is 0 Å². The van der Waals surface area contributed by atoms with Crippen LogP contribution in [0.25, 0.3) is 0 Å². The fourth-order valence-corrected chi connectivity index (χ4v) is 1.05. The topological polar surface area (TPSA) is 49.3 Å². The molecule has 0 radical (unpaired) electrons. The Bertz CT molecular complexity index is 171. The van der Waals surface area contributed by atoms with E-state index in [0.717, 1.165) is 6.42 Å². The van der Waals surface area contributed by atoms with Crippen molar-refractivity contribution in [1.82, 2.24) is 5.32 Å². The number of thiol groups is 1. The van der Waals surface area contributed by atoms with Crippen molar-refractivity contribution in [3.8, 4) is 0 Å². The summed E-state index contributed by atoms with van der Waals surface area (Å²) in [7, 11) is 0. The van der Waals surface area contributed by atoms with Crippen LogP contribution in [-0.4, -0.2) is 28.4 Å². The van der Waals surface area contributed by atoms with E-state index in [0.29, 0.717) is 5.75 Å². The third-order valence-corrected chi connectivity index (χ3v) is 2.60. The van der Waals surface area contributed by atoms with Crippen LogP contribution < -0.4 is 5.32 Å². The highest BCUT2D eigenvalue weighted by Crippen LogP contribution is 2.08. The van der Waals surface area contributed by atoms with Gasteiger partial charge >= 0.3 is 5.97 Å². The number of nitrogens with one attached hydrogen (secondary N) is 1. The van der Waals surface area contributed by atoms with E-state index in [-0.39, 0.29) is 30.9 Å². The SMILES string of the molecule is CCC(C)NC(C)(CS)C(=O)O.Cl.Cl. The van der Waals surface area contributed by atoms with Crippen molar-refractivity contribution in [2.75, 3.05) is 5.75 Å². The van der Waals surface area contributed by atoms with Crippen molar-refractivity contribution in [1.29, 1.82) is 0 Å². The van der Waals surface area contributed by atoms with Crippen molar-refractivity contribution < 1.29 is 9.90 Å². The molecule has 2 N–H and O–H groups in total. The summed E-state index contributed by atoms with van der Waals surface area (Å²) in [5.74, 6) is -0.551. The number of rotatable bonds is 5. The maximum atomic E-state index is 10.8. The molecule has 0 aliphatic heterocycles. The Morgan fingerprint density at radius 1 is 1.57 bits per heavy atom. The van der Waals surface area contributed by atoms with Crippen LogP contribution in [0.1, 0.15) is 27.2 Å². The fourth-order valence-electron chi connectivity index (χ4n) is 0.821. The second kappa shape index (κ2) is 8.65. The highest BCUT2D eigenvalue weighted by molar-refractivity contribution is 7.80. The Hall–Kier alpha value is 0.360. The molecule has 88 valence electrons. The largest absolute Gasteiger partial charge is 0.480 e. The van der Waals surface area contributed by atoms with Crippen LogP contribution in [-0.2, 0) is 4.79 Å². The number of hydrogen-bond acceptors (Lipinski definition) is 3. The lowest BCUT2D eigenvalue weighted by atomic mass is 10.0. The summed E-state index contributed by atoms with van der Waals surface area (Å²) >= 11 is 4.01. The molecule has 0 amide bonds. The van der Waals surface area contributed by atoms with E-state index in [1.54, 1.807) is 6.92 Å². The second-order valence-electron chi connectivity index (χ2n) is 3.25. The van der Waals surface area contributed by atoms with Gasteiger partial charge in [0.1, 0.15) is 5.54 Å². The molecule has 2 atom stereocenters. The van der Waals surface area contributed by atoms with E-state index in [4.69, 9.17) is 5.11 Å². The van der Waals surface area contributed by atoms with Crippen LogP contribution in [0.3, 0.4) is 0 Å². The zero-order chi connectivity index (χ0) is 9.78. The minimum absolute atomic E-state index is 0. The van der Waals surface area contributed by atoms with E-state index in [1.165, 1.54) is 0 Å². The summed E-state index contributed by atoms with van der Waals surface area (Å²) in [6.07, 6.45) is 0.913. The average molecular weight is 264 g/mol. The van der Waals surface area contributed by atoms with Gasteiger partial charge in [0.15, 0.2) is 0 Å². The molecule has 0 saturated carbocycles. The molecule has 0 heterocycles. The Labute approximate surface area is 103 Å². The molecule has 2 unspecified atom stereocenters. The Morgan fingerprint density at radius 2 is 2.00 bits per heavy atom. The van der Waals surface area contributed by atoms with Gasteiger partial charge in [0.05, 0.1) is 0 Å². The summed E-state index contributed by atoms with van der Waals surface area (Å²) in [4.78, 5) is 10.8. The molecule has 0 saturated heterocycles. The molecular formula is C8H19Cl2NO2S. The number of carboxylic acids is 1. The van der Waals surface area contributed by atoms with Gasteiger partial charge in [0, 0.05) is 11.8 Å². The zero-order valence-corrected chi connectivity index (χ0v) is 11.1. The Morgan fingerprint density at radius 3 is 2.21 bits per heavy atom. The zero-order valence-electron chi connectivity index (χ0n) is 8.61. The molecule has 0 bridgehead atoms. The highest BCUT2D eigenvalue weighted by atomic mass is 35.5. The normalized spacial score (nSPS) is 15.7. The van der Waals surface area contributed by atoms with Crippen molar-refractivity contribution in [2.45, 2.75) is 38.8 Å². The lowest BCUT2D eigenvalue weighted by molar-refractivity contribution is -0.143. The molecule has 0 rings (SSSR count). The minimum atomic E-state index is -0.904. The van der Waals surface area contributed by atoms with Crippen molar-refractivity contribution in [3.05, 3.63) is 0 Å². The highest BCUT2D eigenvalue weighted by Gasteiger charge is 2.32. The van der Waals surface area contributed by atoms with Crippen molar-refractivity contribution in [3.63, 3.8) is 0 Å². The molecule has 14 heavy (non-hydrogen) atoms. The van der Waals surface area contributed by atoms with Gasteiger partial charge in [-0.15, -0.1) is 24.8 Å². The summed E-state index contributed by atoms with van der Waals surface area (Å²) in [6.45, 7) is 5.62. The van der Waals surface area contributed by atoms with Crippen LogP contribution in [0.4, 0.5) is 0 Å². The lowest BCUT2D eigenvalue weighted by Gasteiger charge is -2.27. The molecule has 0 aromatic rings. The number of hydrogen-bond donors (Lipinski definition) is 3. The van der Waals surface area contributed by atoms with Crippen LogP contribution in [0.5, 0.6) is 0 Å². The van der Waals surface area contributed by atoms with Gasteiger partial charge < -0.3 is 5.11 Å². The van der Waals surface area contributed by atoms with Gasteiger partial charge in [-0.1, -0.05) is 6.92 Å². The Balaban J connectivity index is -0.000000605. The van der Waals surface area contributed by atoms with Gasteiger partial charge in [0.2, 0.25) is 0 Å². The van der Waals surface area contributed by atoms with Crippen LogP contribution in [0.2, 0.25) is 0 Å². The van der Waals surface area contributed by atoms with Gasteiger partial charge in [-0.05, 0) is 20.3 Å². The van der Waals surface area contributed by atoms with Gasteiger partial charge in [-0.3, -0.25) is 10.1 Å². The molecule has 0 spiro atoms. The van der Waals surface area contributed by atoms with Gasteiger partial charge in [0.25, 0.3) is 0 Å². The number of carboxylic acid groups (broad SMARTS) is 1. The van der Waals surface area contributed by atoms with Crippen molar-refractivity contribution in [2.24, 2.45) is 0 Å². The molecule has 0 aliphatic rings.